The number of hydrogen-bond acceptors (Lipinski definition) is 3. The van der Waals surface area contributed by atoms with E-state index in [1.165, 1.54) is 44.3 Å². The third-order valence-electron chi connectivity index (χ3n) is 4.57. The molecule has 0 saturated carbocycles. The fourth-order valence-electron chi connectivity index (χ4n) is 3.51. The molecule has 2 N–H and O–H groups in total. The molecule has 20 heavy (non-hydrogen) atoms. The van der Waals surface area contributed by atoms with Gasteiger partial charge < -0.3 is 10.3 Å². The van der Waals surface area contributed by atoms with Gasteiger partial charge in [-0.05, 0) is 32.2 Å². The SMILES string of the molecule is CCCn1cncc1C(CN)N1CCCCCC1CC. The minimum Gasteiger partial charge on any atom is -0.333 e. The Morgan fingerprint density at radius 1 is 1.35 bits per heavy atom. The van der Waals surface area contributed by atoms with Crippen LogP contribution in [0.2, 0.25) is 0 Å². The van der Waals surface area contributed by atoms with Gasteiger partial charge in [0.15, 0.2) is 0 Å². The van der Waals surface area contributed by atoms with E-state index >= 15 is 0 Å². The molecule has 2 heterocycles. The zero-order valence-electron chi connectivity index (χ0n) is 13.1. The minimum atomic E-state index is 0.326. The molecular formula is C16H30N4. The maximum Gasteiger partial charge on any atom is 0.0948 e. The molecule has 2 unspecified atom stereocenters. The molecule has 4 nitrogen and oxygen atoms in total. The maximum absolute atomic E-state index is 6.15. The second-order valence-corrected chi connectivity index (χ2v) is 5.91. The molecule has 0 radical (unpaired) electrons. The Balaban J connectivity index is 2.22. The molecule has 4 heteroatoms. The van der Waals surface area contributed by atoms with Crippen LogP contribution >= 0.6 is 0 Å². The van der Waals surface area contributed by atoms with Gasteiger partial charge in [0.1, 0.15) is 0 Å². The molecule has 0 aliphatic carbocycles. The summed E-state index contributed by atoms with van der Waals surface area (Å²) in [5.41, 5.74) is 7.45. The van der Waals surface area contributed by atoms with Gasteiger partial charge in [-0.1, -0.05) is 26.7 Å². The van der Waals surface area contributed by atoms with Crippen LogP contribution in [0.5, 0.6) is 0 Å². The van der Waals surface area contributed by atoms with Gasteiger partial charge in [0.25, 0.3) is 0 Å². The summed E-state index contributed by atoms with van der Waals surface area (Å²) < 4.78 is 2.29. The van der Waals surface area contributed by atoms with Crippen LogP contribution in [0, 0.1) is 0 Å². The van der Waals surface area contributed by atoms with E-state index in [0.29, 0.717) is 18.6 Å². The average Bonchev–Trinajstić information content (AvgIpc) is 2.78. The second kappa shape index (κ2) is 7.79. The Morgan fingerprint density at radius 2 is 2.20 bits per heavy atom. The van der Waals surface area contributed by atoms with Crippen LogP contribution < -0.4 is 5.73 Å². The van der Waals surface area contributed by atoms with Crippen molar-refractivity contribution >= 4 is 0 Å². The molecule has 114 valence electrons. The number of hydrogen-bond donors (Lipinski definition) is 1. The maximum atomic E-state index is 6.15. The molecule has 0 amide bonds. The van der Waals surface area contributed by atoms with Crippen molar-refractivity contribution in [2.75, 3.05) is 13.1 Å². The van der Waals surface area contributed by atoms with Gasteiger partial charge in [0.2, 0.25) is 0 Å². The van der Waals surface area contributed by atoms with E-state index in [9.17, 15) is 0 Å². The fraction of sp³-hybridized carbons (Fsp3) is 0.812. The van der Waals surface area contributed by atoms with Crippen molar-refractivity contribution in [2.24, 2.45) is 5.73 Å². The van der Waals surface area contributed by atoms with Crippen LogP contribution in [0.15, 0.2) is 12.5 Å². The summed E-state index contributed by atoms with van der Waals surface area (Å²) >= 11 is 0. The predicted molar refractivity (Wildman–Crippen MR) is 83.6 cm³/mol. The van der Waals surface area contributed by atoms with E-state index in [1.54, 1.807) is 0 Å². The van der Waals surface area contributed by atoms with E-state index in [-0.39, 0.29) is 0 Å². The summed E-state index contributed by atoms with van der Waals surface area (Å²) in [6.45, 7) is 7.42. The Kier molecular flexibility index (Phi) is 6.05. The second-order valence-electron chi connectivity index (χ2n) is 5.91. The number of rotatable bonds is 6. The molecule has 2 rings (SSSR count). The Bertz CT molecular complexity index is 388. The van der Waals surface area contributed by atoms with Gasteiger partial charge >= 0.3 is 0 Å². The van der Waals surface area contributed by atoms with Gasteiger partial charge in [0, 0.05) is 25.3 Å². The average molecular weight is 278 g/mol. The third kappa shape index (κ3) is 3.41. The lowest BCUT2D eigenvalue weighted by Gasteiger charge is -2.36. The predicted octanol–water partition coefficient (Wildman–Crippen LogP) is 2.95. The van der Waals surface area contributed by atoms with Crippen LogP contribution in [-0.2, 0) is 6.54 Å². The summed E-state index contributed by atoms with van der Waals surface area (Å²) in [5, 5.41) is 0. The monoisotopic (exact) mass is 278 g/mol. The first-order valence-electron chi connectivity index (χ1n) is 8.27. The van der Waals surface area contributed by atoms with Crippen LogP contribution in [0.3, 0.4) is 0 Å². The quantitative estimate of drug-likeness (QED) is 0.870. The first kappa shape index (κ1) is 15.5. The topological polar surface area (TPSA) is 47.1 Å². The minimum absolute atomic E-state index is 0.326. The zero-order valence-corrected chi connectivity index (χ0v) is 13.1. The largest absolute Gasteiger partial charge is 0.333 e. The fourth-order valence-corrected chi connectivity index (χ4v) is 3.51. The van der Waals surface area contributed by atoms with Crippen molar-refractivity contribution in [3.05, 3.63) is 18.2 Å². The number of likely N-dealkylation sites (tertiary alicyclic amines) is 1. The van der Waals surface area contributed by atoms with E-state index in [2.05, 4.69) is 28.3 Å². The van der Waals surface area contributed by atoms with Crippen LogP contribution in [0.25, 0.3) is 0 Å². The zero-order chi connectivity index (χ0) is 14.4. The molecule has 1 saturated heterocycles. The number of nitrogens with two attached hydrogens (primary N) is 1. The molecular weight excluding hydrogens is 248 g/mol. The molecule has 1 fully saturated rings. The smallest absolute Gasteiger partial charge is 0.0948 e. The highest BCUT2D eigenvalue weighted by atomic mass is 15.2. The summed E-state index contributed by atoms with van der Waals surface area (Å²) in [7, 11) is 0. The van der Waals surface area contributed by atoms with E-state index in [0.717, 1.165) is 13.0 Å². The standard InChI is InChI=1S/C16H30N4/c1-3-9-19-13-18-12-16(19)15(11-17)20-10-7-5-6-8-14(20)4-2/h12-15H,3-11,17H2,1-2H3. The van der Waals surface area contributed by atoms with E-state index < -0.39 is 0 Å². The Morgan fingerprint density at radius 3 is 2.90 bits per heavy atom. The lowest BCUT2D eigenvalue weighted by molar-refractivity contribution is 0.130. The summed E-state index contributed by atoms with van der Waals surface area (Å²) in [6, 6.07) is 1.00. The highest BCUT2D eigenvalue weighted by molar-refractivity contribution is 5.07. The molecule has 1 aliphatic rings. The number of aryl methyl sites for hydroxylation is 1. The van der Waals surface area contributed by atoms with Crippen LogP contribution in [0.1, 0.15) is 64.1 Å². The molecule has 1 aromatic heterocycles. The van der Waals surface area contributed by atoms with Crippen molar-refractivity contribution in [3.8, 4) is 0 Å². The van der Waals surface area contributed by atoms with Crippen LogP contribution in [-0.4, -0.2) is 33.6 Å². The van der Waals surface area contributed by atoms with E-state index in [1.807, 2.05) is 12.5 Å². The van der Waals surface area contributed by atoms with E-state index in [4.69, 9.17) is 5.73 Å². The van der Waals surface area contributed by atoms with Crippen molar-refractivity contribution in [1.82, 2.24) is 14.5 Å². The van der Waals surface area contributed by atoms with Crippen molar-refractivity contribution in [2.45, 2.75) is 71.0 Å². The lowest BCUT2D eigenvalue weighted by atomic mass is 10.0. The normalized spacial score (nSPS) is 22.6. The van der Waals surface area contributed by atoms with Crippen molar-refractivity contribution < 1.29 is 0 Å². The number of aromatic nitrogens is 2. The van der Waals surface area contributed by atoms with Gasteiger partial charge in [-0.25, -0.2) is 4.98 Å². The first-order valence-corrected chi connectivity index (χ1v) is 8.27. The lowest BCUT2D eigenvalue weighted by Crippen LogP contribution is -2.41. The molecule has 1 aromatic rings. The van der Waals surface area contributed by atoms with Crippen LogP contribution in [0.4, 0.5) is 0 Å². The van der Waals surface area contributed by atoms with Crippen molar-refractivity contribution in [1.29, 1.82) is 0 Å². The highest BCUT2D eigenvalue weighted by Crippen LogP contribution is 2.28. The van der Waals surface area contributed by atoms with Gasteiger partial charge in [0.05, 0.1) is 18.1 Å². The summed E-state index contributed by atoms with van der Waals surface area (Å²) in [6.07, 6.45) is 11.7. The Hall–Kier alpha value is -0.870. The highest BCUT2D eigenvalue weighted by Gasteiger charge is 2.28. The first-order chi connectivity index (χ1) is 9.81. The van der Waals surface area contributed by atoms with Crippen molar-refractivity contribution in [3.63, 3.8) is 0 Å². The number of imidazole rings is 1. The molecule has 0 bridgehead atoms. The molecule has 0 spiro atoms. The molecule has 2 atom stereocenters. The third-order valence-corrected chi connectivity index (χ3v) is 4.57. The Labute approximate surface area is 123 Å². The van der Waals surface area contributed by atoms with Gasteiger partial charge in [-0.2, -0.15) is 0 Å². The number of nitrogens with zero attached hydrogens (tertiary/aromatic N) is 3. The molecule has 1 aliphatic heterocycles. The van der Waals surface area contributed by atoms with Gasteiger partial charge in [-0.15, -0.1) is 0 Å². The summed E-state index contributed by atoms with van der Waals surface area (Å²) in [4.78, 5) is 7.01. The van der Waals surface area contributed by atoms with Gasteiger partial charge in [-0.3, -0.25) is 4.90 Å². The molecule has 0 aromatic carbocycles. The summed E-state index contributed by atoms with van der Waals surface area (Å²) in [5.74, 6) is 0.